The van der Waals surface area contributed by atoms with Crippen LogP contribution in [-0.4, -0.2) is 36.7 Å². The molecule has 0 amide bonds. The Labute approximate surface area is 182 Å². The largest absolute Gasteiger partial charge is 0.355 e. The quantitative estimate of drug-likeness (QED) is 0.431. The molecule has 0 spiro atoms. The van der Waals surface area contributed by atoms with Crippen LogP contribution in [0, 0.1) is 0 Å². The molecule has 30 heavy (non-hydrogen) atoms. The molecule has 1 aliphatic rings. The maximum Gasteiger partial charge on any atom is 0.263 e. The van der Waals surface area contributed by atoms with Crippen molar-refractivity contribution in [1.82, 2.24) is 9.55 Å². The van der Waals surface area contributed by atoms with Crippen LogP contribution in [0.4, 0.5) is 5.95 Å². The number of benzene rings is 1. The summed E-state index contributed by atoms with van der Waals surface area (Å²) in [4.78, 5) is 22.3. The minimum atomic E-state index is 0.135. The predicted molar refractivity (Wildman–Crippen MR) is 126 cm³/mol. The van der Waals surface area contributed by atoms with Gasteiger partial charge in [-0.05, 0) is 43.2 Å². The Morgan fingerprint density at radius 1 is 1.13 bits per heavy atom. The maximum atomic E-state index is 13.6. The van der Waals surface area contributed by atoms with Crippen LogP contribution in [0.25, 0.3) is 10.2 Å². The van der Waals surface area contributed by atoms with Gasteiger partial charge in [0.15, 0.2) is 0 Å². The van der Waals surface area contributed by atoms with Crippen molar-refractivity contribution in [1.29, 1.82) is 0 Å². The summed E-state index contributed by atoms with van der Waals surface area (Å²) in [5.41, 5.74) is 2.66. The van der Waals surface area contributed by atoms with Gasteiger partial charge in [0, 0.05) is 24.4 Å². The Balaban J connectivity index is 1.68. The Morgan fingerprint density at radius 3 is 2.73 bits per heavy atom. The van der Waals surface area contributed by atoms with Crippen LogP contribution >= 0.6 is 11.3 Å². The lowest BCUT2D eigenvalue weighted by Gasteiger charge is -2.15. The van der Waals surface area contributed by atoms with Crippen LogP contribution in [0.5, 0.6) is 0 Å². The van der Waals surface area contributed by atoms with Crippen LogP contribution in [0.2, 0.25) is 0 Å². The second-order valence-electron chi connectivity index (χ2n) is 8.61. The van der Waals surface area contributed by atoms with Gasteiger partial charge >= 0.3 is 0 Å². The van der Waals surface area contributed by atoms with Crippen molar-refractivity contribution in [3.8, 4) is 0 Å². The number of rotatable bonds is 8. The van der Waals surface area contributed by atoms with Gasteiger partial charge < -0.3 is 10.2 Å². The van der Waals surface area contributed by atoms with E-state index in [2.05, 4.69) is 43.7 Å². The summed E-state index contributed by atoms with van der Waals surface area (Å²) in [7, 11) is 4.33. The molecular weight excluding hydrogens is 392 g/mol. The molecule has 1 aliphatic carbocycles. The summed E-state index contributed by atoms with van der Waals surface area (Å²) in [6.45, 7) is 2.58. The minimum absolute atomic E-state index is 0.135. The fourth-order valence-corrected chi connectivity index (χ4v) is 5.54. The monoisotopic (exact) mass is 425 g/mol. The third-order valence-electron chi connectivity index (χ3n) is 5.93. The molecule has 0 atom stereocenters. The lowest BCUT2D eigenvalue weighted by Crippen LogP contribution is -3.05. The first-order valence-electron chi connectivity index (χ1n) is 11.3. The van der Waals surface area contributed by atoms with E-state index in [-0.39, 0.29) is 5.56 Å². The molecule has 3 aromatic rings. The second-order valence-corrected chi connectivity index (χ2v) is 9.69. The van der Waals surface area contributed by atoms with Gasteiger partial charge in [-0.15, -0.1) is 11.3 Å². The summed E-state index contributed by atoms with van der Waals surface area (Å²) < 4.78 is 1.88. The lowest BCUT2D eigenvalue weighted by molar-refractivity contribution is -0.858. The number of aromatic nitrogens is 2. The van der Waals surface area contributed by atoms with Crippen molar-refractivity contribution >= 4 is 27.5 Å². The summed E-state index contributed by atoms with van der Waals surface area (Å²) in [5.74, 6) is 0.730. The van der Waals surface area contributed by atoms with Gasteiger partial charge in [-0.1, -0.05) is 36.8 Å². The molecule has 0 radical (unpaired) electrons. The average molecular weight is 426 g/mol. The molecule has 0 bridgehead atoms. The third kappa shape index (κ3) is 4.76. The molecule has 0 saturated carbocycles. The van der Waals surface area contributed by atoms with Crippen LogP contribution in [0.1, 0.15) is 41.7 Å². The highest BCUT2D eigenvalue weighted by Gasteiger charge is 2.21. The normalized spacial score (nSPS) is 14.1. The van der Waals surface area contributed by atoms with Gasteiger partial charge in [-0.2, -0.15) is 0 Å². The van der Waals surface area contributed by atoms with E-state index in [0.717, 1.165) is 54.9 Å². The molecular formula is C24H33N4OS+. The standard InChI is InChI=1S/C24H32N4OS/c1-27(2)16-9-15-25-24-26-22-21(19-12-7-4-8-13-20(19)30-22)23(29)28(24)17-14-18-10-5-3-6-11-18/h3,5-6,10-11H,4,7-9,12-17H2,1-2H3,(H,25,26)/p+1. The second kappa shape index (κ2) is 9.75. The summed E-state index contributed by atoms with van der Waals surface area (Å²) >= 11 is 1.74. The molecule has 160 valence electrons. The molecule has 2 heterocycles. The van der Waals surface area contributed by atoms with E-state index < -0.39 is 0 Å². The maximum absolute atomic E-state index is 13.6. The zero-order chi connectivity index (χ0) is 20.9. The molecule has 5 nitrogen and oxygen atoms in total. The molecule has 1 aromatic carbocycles. The smallest absolute Gasteiger partial charge is 0.263 e. The lowest BCUT2D eigenvalue weighted by atomic mass is 10.1. The van der Waals surface area contributed by atoms with Gasteiger partial charge in [-0.3, -0.25) is 9.36 Å². The summed E-state index contributed by atoms with van der Waals surface area (Å²) in [6, 6.07) is 10.4. The highest BCUT2D eigenvalue weighted by Crippen LogP contribution is 2.33. The van der Waals surface area contributed by atoms with Gasteiger partial charge in [0.05, 0.1) is 26.0 Å². The van der Waals surface area contributed by atoms with Crippen LogP contribution < -0.4 is 15.8 Å². The number of nitrogens with one attached hydrogen (secondary N) is 2. The van der Waals surface area contributed by atoms with Crippen LogP contribution in [0.15, 0.2) is 35.1 Å². The van der Waals surface area contributed by atoms with E-state index in [1.165, 1.54) is 40.2 Å². The van der Waals surface area contributed by atoms with E-state index in [1.807, 2.05) is 10.6 Å². The number of aryl methyl sites for hydroxylation is 3. The van der Waals surface area contributed by atoms with Gasteiger partial charge in [0.1, 0.15) is 4.83 Å². The highest BCUT2D eigenvalue weighted by molar-refractivity contribution is 7.18. The minimum Gasteiger partial charge on any atom is -0.355 e. The highest BCUT2D eigenvalue weighted by atomic mass is 32.1. The van der Waals surface area contributed by atoms with E-state index in [4.69, 9.17) is 4.98 Å². The molecule has 2 N–H and O–H groups in total. The van der Waals surface area contributed by atoms with E-state index in [9.17, 15) is 4.79 Å². The number of nitrogens with zero attached hydrogens (tertiary/aromatic N) is 2. The number of thiophene rings is 1. The zero-order valence-corrected chi connectivity index (χ0v) is 19.0. The van der Waals surface area contributed by atoms with Crippen LogP contribution in [-0.2, 0) is 25.8 Å². The average Bonchev–Trinajstić information content (AvgIpc) is 2.92. The molecule has 0 fully saturated rings. The Bertz CT molecular complexity index is 1040. The number of quaternary nitrogens is 1. The number of hydrogen-bond acceptors (Lipinski definition) is 4. The van der Waals surface area contributed by atoms with Crippen LogP contribution in [0.3, 0.4) is 0 Å². The Kier molecular flexibility index (Phi) is 6.85. The Hall–Kier alpha value is -2.18. The summed E-state index contributed by atoms with van der Waals surface area (Å²) in [6.07, 6.45) is 7.64. The molecule has 0 saturated heterocycles. The first kappa shape index (κ1) is 21.1. The SMILES string of the molecule is C[NH+](C)CCCNc1nc2sc3c(c2c(=O)n1CCc1ccccc1)CCCCC3. The predicted octanol–water partition coefficient (Wildman–Crippen LogP) is 2.92. The zero-order valence-electron chi connectivity index (χ0n) is 18.2. The number of anilines is 1. The van der Waals surface area contributed by atoms with E-state index in [0.29, 0.717) is 6.54 Å². The first-order valence-corrected chi connectivity index (χ1v) is 12.1. The van der Waals surface area contributed by atoms with Gasteiger partial charge in [0.2, 0.25) is 5.95 Å². The molecule has 0 unspecified atom stereocenters. The van der Waals surface area contributed by atoms with Crippen molar-refractivity contribution in [3.63, 3.8) is 0 Å². The fourth-order valence-electron chi connectivity index (χ4n) is 4.29. The molecule has 0 aliphatic heterocycles. The fraction of sp³-hybridized carbons (Fsp3) is 0.500. The molecule has 4 rings (SSSR count). The van der Waals surface area contributed by atoms with Gasteiger partial charge in [0.25, 0.3) is 5.56 Å². The first-order chi connectivity index (χ1) is 14.6. The third-order valence-corrected chi connectivity index (χ3v) is 7.11. The van der Waals surface area contributed by atoms with E-state index >= 15 is 0 Å². The van der Waals surface area contributed by atoms with Crippen molar-refractivity contribution < 1.29 is 4.90 Å². The topological polar surface area (TPSA) is 51.4 Å². The van der Waals surface area contributed by atoms with E-state index in [1.54, 1.807) is 11.3 Å². The number of hydrogen-bond donors (Lipinski definition) is 2. The summed E-state index contributed by atoms with van der Waals surface area (Å²) in [5, 5.41) is 4.36. The van der Waals surface area contributed by atoms with Crippen molar-refractivity contribution in [2.24, 2.45) is 0 Å². The Morgan fingerprint density at radius 2 is 1.93 bits per heavy atom. The molecule has 2 aromatic heterocycles. The van der Waals surface area contributed by atoms with Crippen molar-refractivity contribution in [3.05, 3.63) is 56.7 Å². The number of fused-ring (bicyclic) bond motifs is 3. The van der Waals surface area contributed by atoms with Crippen molar-refractivity contribution in [2.75, 3.05) is 32.5 Å². The van der Waals surface area contributed by atoms with Crippen molar-refractivity contribution in [2.45, 2.75) is 51.5 Å². The van der Waals surface area contributed by atoms with Gasteiger partial charge in [-0.25, -0.2) is 4.98 Å². The molecule has 6 heteroatoms.